The van der Waals surface area contributed by atoms with Crippen LogP contribution in [0.15, 0.2) is 36.7 Å². The van der Waals surface area contributed by atoms with Gasteiger partial charge in [0.05, 0.1) is 58.1 Å². The van der Waals surface area contributed by atoms with E-state index in [4.69, 9.17) is 18.9 Å². The van der Waals surface area contributed by atoms with Crippen LogP contribution in [0.1, 0.15) is 74.4 Å². The van der Waals surface area contributed by atoms with Crippen LogP contribution in [0, 0.1) is 23.7 Å². The van der Waals surface area contributed by atoms with Crippen molar-refractivity contribution >= 4 is 24.0 Å². The number of alkyl carbamates (subject to hydrolysis) is 2. The number of nitrogens with zero attached hydrogens (tertiary/aromatic N) is 4. The van der Waals surface area contributed by atoms with Crippen molar-refractivity contribution in [2.24, 2.45) is 0 Å². The Hall–Kier alpha value is -5.84. The zero-order chi connectivity index (χ0) is 38.8. The lowest BCUT2D eigenvalue weighted by Crippen LogP contribution is -2.60. The number of H-pyrrole nitrogens is 2. The van der Waals surface area contributed by atoms with Gasteiger partial charge in [-0.25, -0.2) is 19.6 Å². The number of ether oxygens (including phenoxy) is 4. The topological polar surface area (TPSA) is 193 Å². The van der Waals surface area contributed by atoms with Crippen LogP contribution in [0.25, 0.3) is 11.3 Å². The van der Waals surface area contributed by atoms with E-state index >= 15 is 0 Å². The van der Waals surface area contributed by atoms with Gasteiger partial charge in [-0.1, -0.05) is 31.4 Å². The van der Waals surface area contributed by atoms with Gasteiger partial charge in [0.15, 0.2) is 0 Å². The quantitative estimate of drug-likeness (QED) is 0.212. The first-order valence-corrected chi connectivity index (χ1v) is 18.4. The third kappa shape index (κ3) is 8.94. The molecule has 6 rings (SSSR count). The number of aromatic amines is 2. The number of rotatable bonds is 11. The molecule has 3 saturated heterocycles. The van der Waals surface area contributed by atoms with Crippen molar-refractivity contribution in [3.8, 4) is 34.9 Å². The third-order valence-electron chi connectivity index (χ3n) is 10.0. The van der Waals surface area contributed by atoms with E-state index in [0.717, 1.165) is 42.5 Å². The highest BCUT2D eigenvalue weighted by Gasteiger charge is 2.49. The van der Waals surface area contributed by atoms with Gasteiger partial charge in [0.2, 0.25) is 0 Å². The number of unbranched alkanes of at least 4 members (excludes halogenated alkanes) is 1. The van der Waals surface area contributed by atoms with E-state index in [9.17, 15) is 19.2 Å². The molecule has 0 radical (unpaired) electrons. The largest absolute Gasteiger partial charge is 0.453 e. The Morgan fingerprint density at radius 3 is 2.31 bits per heavy atom. The smallest absolute Gasteiger partial charge is 0.407 e. The molecule has 16 nitrogen and oxygen atoms in total. The summed E-state index contributed by atoms with van der Waals surface area (Å²) in [5.74, 6) is 12.6. The van der Waals surface area contributed by atoms with E-state index in [1.807, 2.05) is 31.2 Å². The minimum atomic E-state index is -1.19. The molecule has 3 aliphatic heterocycles. The molecular weight excluding hydrogens is 708 g/mol. The Kier molecular flexibility index (Phi) is 12.4. The molecule has 290 valence electrons. The van der Waals surface area contributed by atoms with Crippen molar-refractivity contribution in [2.75, 3.05) is 53.7 Å². The summed E-state index contributed by atoms with van der Waals surface area (Å²) in [6.45, 7) is 4.19. The van der Waals surface area contributed by atoms with Crippen LogP contribution in [0.4, 0.5) is 9.59 Å². The Balaban J connectivity index is 1.07. The van der Waals surface area contributed by atoms with Gasteiger partial charge in [-0.3, -0.25) is 9.59 Å². The van der Waals surface area contributed by atoms with Gasteiger partial charge in [-0.05, 0) is 54.7 Å². The van der Waals surface area contributed by atoms with Gasteiger partial charge >= 0.3 is 12.2 Å². The predicted octanol–water partition coefficient (Wildman–Crippen LogP) is 3.03. The molecule has 0 bridgehead atoms. The van der Waals surface area contributed by atoms with Gasteiger partial charge < -0.3 is 49.3 Å². The Morgan fingerprint density at radius 1 is 0.945 bits per heavy atom. The summed E-state index contributed by atoms with van der Waals surface area (Å²) < 4.78 is 20.6. The number of nitrogens with one attached hydrogen (secondary N) is 4. The molecule has 0 saturated carbocycles. The first-order valence-electron chi connectivity index (χ1n) is 18.4. The molecular formula is C39H46N8O8. The van der Waals surface area contributed by atoms with Crippen LogP contribution in [0.2, 0.25) is 0 Å². The monoisotopic (exact) mass is 754 g/mol. The number of aromatic nitrogens is 4. The lowest BCUT2D eigenvalue weighted by molar-refractivity contribution is -0.140. The number of carbonyl (C=O) groups is 4. The first-order chi connectivity index (χ1) is 26.7. The van der Waals surface area contributed by atoms with Crippen molar-refractivity contribution in [1.29, 1.82) is 0 Å². The zero-order valence-corrected chi connectivity index (χ0v) is 31.3. The first kappa shape index (κ1) is 38.9. The highest BCUT2D eigenvalue weighted by atomic mass is 16.5. The maximum absolute atomic E-state index is 13.8. The second kappa shape index (κ2) is 17.5. The summed E-state index contributed by atoms with van der Waals surface area (Å²) in [6, 6.07) is 7.40. The standard InChI is InChI=1S/C39H46N8O8/c1-4-5-18-46(34(48)38(16-20-54-25-38)44-36(50)52-2)24-32-40-22-29(42-32)10-7-6-9-27-12-14-28(15-13-27)30-23-41-33(43-30)31-11-8-19-47(31)35(49)39(17-21-55-26-39)45-37(51)53-3/h12-15,22-23,31H,4-5,8,11,16-21,24-26H2,1-3H3,(H,40,42)(H,41,43)(H,44,50)(H,45,51). The highest BCUT2D eigenvalue weighted by molar-refractivity contribution is 5.91. The molecule has 5 heterocycles. The number of hydrogen-bond donors (Lipinski definition) is 4. The molecule has 0 spiro atoms. The van der Waals surface area contributed by atoms with Gasteiger partial charge in [-0.2, -0.15) is 0 Å². The van der Waals surface area contributed by atoms with Crippen LogP contribution in [0.5, 0.6) is 0 Å². The number of benzene rings is 1. The van der Waals surface area contributed by atoms with E-state index < -0.39 is 23.3 Å². The number of imidazole rings is 2. The summed E-state index contributed by atoms with van der Waals surface area (Å²) >= 11 is 0. The maximum atomic E-state index is 13.8. The number of hydrogen-bond acceptors (Lipinski definition) is 10. The number of carbonyl (C=O) groups excluding carboxylic acids is 4. The number of amides is 4. The lowest BCUT2D eigenvalue weighted by atomic mass is 9.96. The summed E-state index contributed by atoms with van der Waals surface area (Å²) in [5.41, 5.74) is 0.685. The number of likely N-dealkylation sites (tertiary alicyclic amines) is 1. The van der Waals surface area contributed by atoms with Crippen LogP contribution < -0.4 is 10.6 Å². The van der Waals surface area contributed by atoms with Crippen molar-refractivity contribution in [3.05, 3.63) is 59.6 Å². The van der Waals surface area contributed by atoms with Crippen LogP contribution in [-0.2, 0) is 35.1 Å². The highest BCUT2D eigenvalue weighted by Crippen LogP contribution is 2.35. The second-order valence-electron chi connectivity index (χ2n) is 13.7. The number of methoxy groups -OCH3 is 2. The Morgan fingerprint density at radius 2 is 1.64 bits per heavy atom. The van der Waals surface area contributed by atoms with Crippen LogP contribution in [0.3, 0.4) is 0 Å². The molecule has 2 aromatic heterocycles. The average Bonchev–Trinajstić information content (AvgIpc) is 4.06. The second-order valence-corrected chi connectivity index (χ2v) is 13.7. The molecule has 55 heavy (non-hydrogen) atoms. The molecule has 3 aliphatic rings. The summed E-state index contributed by atoms with van der Waals surface area (Å²) in [5, 5.41) is 5.43. The Bertz CT molecular complexity index is 1970. The third-order valence-corrected chi connectivity index (χ3v) is 10.0. The fraction of sp³-hybridized carbons (Fsp3) is 0.487. The lowest BCUT2D eigenvalue weighted by Gasteiger charge is -2.34. The van der Waals surface area contributed by atoms with Crippen molar-refractivity contribution < 1.29 is 38.1 Å². The van der Waals surface area contributed by atoms with Crippen molar-refractivity contribution in [2.45, 2.75) is 69.1 Å². The van der Waals surface area contributed by atoms with Gasteiger partial charge in [0.1, 0.15) is 28.4 Å². The fourth-order valence-electron chi connectivity index (χ4n) is 7.01. The van der Waals surface area contributed by atoms with E-state index in [1.165, 1.54) is 14.2 Å². The van der Waals surface area contributed by atoms with Gasteiger partial charge in [0.25, 0.3) is 11.8 Å². The van der Waals surface area contributed by atoms with Crippen LogP contribution >= 0.6 is 0 Å². The summed E-state index contributed by atoms with van der Waals surface area (Å²) in [6.07, 6.45) is 5.95. The SMILES string of the molecule is CCCCN(Cc1ncc(C#CC#Cc2ccc(-c3cnc(C4CCCN4C(=O)C4(NC(=O)OC)CCOC4)[nH]3)cc2)[nH]1)C(=O)C1(NC(=O)OC)CCOC1. The van der Waals surface area contributed by atoms with Crippen LogP contribution in [-0.4, -0.2) is 119 Å². The van der Waals surface area contributed by atoms with Crippen molar-refractivity contribution in [3.63, 3.8) is 0 Å². The molecule has 4 N–H and O–H groups in total. The zero-order valence-electron chi connectivity index (χ0n) is 31.3. The molecule has 1 aromatic carbocycles. The van der Waals surface area contributed by atoms with Crippen molar-refractivity contribution in [1.82, 2.24) is 40.4 Å². The summed E-state index contributed by atoms with van der Waals surface area (Å²) in [4.78, 5) is 70.7. The van der Waals surface area contributed by atoms with Gasteiger partial charge in [0, 0.05) is 44.7 Å². The summed E-state index contributed by atoms with van der Waals surface area (Å²) in [7, 11) is 2.53. The maximum Gasteiger partial charge on any atom is 0.407 e. The van der Waals surface area contributed by atoms with E-state index in [0.29, 0.717) is 56.5 Å². The predicted molar refractivity (Wildman–Crippen MR) is 198 cm³/mol. The average molecular weight is 755 g/mol. The molecule has 3 atom stereocenters. The van der Waals surface area contributed by atoms with E-state index in [2.05, 4.69) is 54.3 Å². The minimum Gasteiger partial charge on any atom is -0.453 e. The van der Waals surface area contributed by atoms with E-state index in [-0.39, 0.29) is 37.6 Å². The fourth-order valence-corrected chi connectivity index (χ4v) is 7.01. The Labute approximate surface area is 319 Å². The van der Waals surface area contributed by atoms with E-state index in [1.54, 1.807) is 22.2 Å². The molecule has 3 fully saturated rings. The minimum absolute atomic E-state index is 0.0732. The molecule has 4 amide bonds. The molecule has 0 aliphatic carbocycles. The normalized spacial score (nSPS) is 21.5. The molecule has 3 aromatic rings. The molecule has 3 unspecified atom stereocenters. The molecule has 16 heteroatoms. The van der Waals surface area contributed by atoms with Gasteiger partial charge in [-0.15, -0.1) is 0 Å².